The molecule has 1 aliphatic carbocycles. The second-order valence-electron chi connectivity index (χ2n) is 3.61. The Hall–Kier alpha value is -1.32. The van der Waals surface area contributed by atoms with E-state index in [1.807, 2.05) is 0 Å². The molecule has 1 aromatic heterocycles. The van der Waals surface area contributed by atoms with Crippen molar-refractivity contribution < 1.29 is 9.21 Å². The summed E-state index contributed by atoms with van der Waals surface area (Å²) < 4.78 is 4.87. The fraction of sp³-hybridized carbons (Fsp3) is 0.556. The molecule has 13 heavy (non-hydrogen) atoms. The summed E-state index contributed by atoms with van der Waals surface area (Å²) in [6, 6.07) is 0.326. The van der Waals surface area contributed by atoms with Crippen LogP contribution in [0.2, 0.25) is 0 Å². The van der Waals surface area contributed by atoms with Crippen molar-refractivity contribution in [2.75, 3.05) is 0 Å². The van der Waals surface area contributed by atoms with Crippen LogP contribution in [0.15, 0.2) is 17.0 Å². The Labute approximate surface area is 76.3 Å². The molecule has 0 aromatic carbocycles. The van der Waals surface area contributed by atoms with E-state index in [2.05, 4.69) is 17.2 Å². The molecule has 0 saturated heterocycles. The van der Waals surface area contributed by atoms with Gasteiger partial charge >= 0.3 is 0 Å². The van der Waals surface area contributed by atoms with Gasteiger partial charge < -0.3 is 9.73 Å². The summed E-state index contributed by atoms with van der Waals surface area (Å²) in [7, 11) is 0. The predicted molar refractivity (Wildman–Crippen MR) is 46.2 cm³/mol. The third-order valence-corrected chi connectivity index (χ3v) is 2.37. The average molecular weight is 180 g/mol. The Balaban J connectivity index is 1.86. The quantitative estimate of drug-likeness (QED) is 0.744. The van der Waals surface area contributed by atoms with E-state index >= 15 is 0 Å². The molecule has 1 aliphatic rings. The van der Waals surface area contributed by atoms with Gasteiger partial charge in [0.05, 0.1) is 6.20 Å². The molecule has 0 spiro atoms. The first-order valence-corrected chi connectivity index (χ1v) is 4.45. The van der Waals surface area contributed by atoms with Gasteiger partial charge in [0.2, 0.25) is 5.76 Å². The van der Waals surface area contributed by atoms with Crippen LogP contribution in [0.3, 0.4) is 0 Å². The number of aromatic nitrogens is 1. The topological polar surface area (TPSA) is 55.1 Å². The number of rotatable bonds is 2. The highest BCUT2D eigenvalue weighted by molar-refractivity contribution is 5.91. The number of nitrogens with one attached hydrogen (secondary N) is 1. The number of amides is 1. The van der Waals surface area contributed by atoms with Crippen LogP contribution in [-0.2, 0) is 0 Å². The SMILES string of the molecule is CC1CC(NC(=O)c2cnco2)C1. The van der Waals surface area contributed by atoms with Gasteiger partial charge in [0, 0.05) is 6.04 Å². The third-order valence-electron chi connectivity index (χ3n) is 2.37. The Morgan fingerprint density at radius 3 is 3.00 bits per heavy atom. The summed E-state index contributed by atoms with van der Waals surface area (Å²) in [6.45, 7) is 2.18. The molecule has 0 radical (unpaired) electrons. The summed E-state index contributed by atoms with van der Waals surface area (Å²) in [6.07, 6.45) is 4.83. The molecular formula is C9H12N2O2. The summed E-state index contributed by atoms with van der Waals surface area (Å²) in [5, 5.41) is 2.88. The minimum Gasteiger partial charge on any atom is -0.438 e. The number of hydrogen-bond acceptors (Lipinski definition) is 3. The minimum absolute atomic E-state index is 0.158. The van der Waals surface area contributed by atoms with E-state index in [9.17, 15) is 4.79 Å². The van der Waals surface area contributed by atoms with Gasteiger partial charge in [-0.15, -0.1) is 0 Å². The highest BCUT2D eigenvalue weighted by atomic mass is 16.3. The standard InChI is InChI=1S/C9H12N2O2/c1-6-2-7(3-6)11-9(12)8-4-10-5-13-8/h4-7H,2-3H2,1H3,(H,11,12). The molecule has 1 amide bonds. The second-order valence-corrected chi connectivity index (χ2v) is 3.61. The smallest absolute Gasteiger partial charge is 0.288 e. The zero-order valence-corrected chi connectivity index (χ0v) is 7.49. The molecule has 1 fully saturated rings. The van der Waals surface area contributed by atoms with Crippen molar-refractivity contribution in [3.63, 3.8) is 0 Å². The molecule has 1 N–H and O–H groups in total. The van der Waals surface area contributed by atoms with Crippen LogP contribution in [-0.4, -0.2) is 16.9 Å². The predicted octanol–water partition coefficient (Wildman–Crippen LogP) is 1.20. The van der Waals surface area contributed by atoms with E-state index in [4.69, 9.17) is 4.42 Å². The van der Waals surface area contributed by atoms with E-state index in [0.29, 0.717) is 11.8 Å². The molecule has 4 heteroatoms. The van der Waals surface area contributed by atoms with Gasteiger partial charge in [0.15, 0.2) is 6.39 Å². The molecule has 0 bridgehead atoms. The van der Waals surface area contributed by atoms with Gasteiger partial charge in [-0.2, -0.15) is 0 Å². The van der Waals surface area contributed by atoms with Gasteiger partial charge in [0.25, 0.3) is 5.91 Å². The zero-order chi connectivity index (χ0) is 9.26. The Kier molecular flexibility index (Phi) is 2.04. The maximum absolute atomic E-state index is 11.4. The highest BCUT2D eigenvalue weighted by Gasteiger charge is 2.27. The zero-order valence-electron chi connectivity index (χ0n) is 7.49. The number of hydrogen-bond donors (Lipinski definition) is 1. The lowest BCUT2D eigenvalue weighted by atomic mass is 9.82. The van der Waals surface area contributed by atoms with E-state index in [-0.39, 0.29) is 5.91 Å². The minimum atomic E-state index is -0.158. The summed E-state index contributed by atoms with van der Waals surface area (Å²) in [4.78, 5) is 15.1. The van der Waals surface area contributed by atoms with Crippen LogP contribution < -0.4 is 5.32 Å². The lowest BCUT2D eigenvalue weighted by Gasteiger charge is -2.32. The summed E-state index contributed by atoms with van der Waals surface area (Å²) in [5.41, 5.74) is 0. The van der Waals surface area contributed by atoms with Crippen LogP contribution in [0.1, 0.15) is 30.3 Å². The van der Waals surface area contributed by atoms with Crippen LogP contribution in [0.25, 0.3) is 0 Å². The number of carbonyl (C=O) groups is 1. The summed E-state index contributed by atoms with van der Waals surface area (Å²) in [5.74, 6) is 0.869. The molecule has 4 nitrogen and oxygen atoms in total. The fourth-order valence-electron chi connectivity index (χ4n) is 1.60. The van der Waals surface area contributed by atoms with Gasteiger partial charge in [-0.25, -0.2) is 4.98 Å². The third kappa shape index (κ3) is 1.71. The lowest BCUT2D eigenvalue weighted by Crippen LogP contribution is -2.43. The second kappa shape index (κ2) is 3.20. The van der Waals surface area contributed by atoms with Gasteiger partial charge in [-0.1, -0.05) is 6.92 Å². The molecule has 1 heterocycles. The molecule has 70 valence electrons. The molecule has 0 aliphatic heterocycles. The van der Waals surface area contributed by atoms with E-state index in [1.165, 1.54) is 12.6 Å². The molecule has 2 rings (SSSR count). The van der Waals surface area contributed by atoms with Gasteiger partial charge in [0.1, 0.15) is 0 Å². The summed E-state index contributed by atoms with van der Waals surface area (Å²) >= 11 is 0. The maximum Gasteiger partial charge on any atom is 0.288 e. The molecular weight excluding hydrogens is 168 g/mol. The number of carbonyl (C=O) groups excluding carboxylic acids is 1. The highest BCUT2D eigenvalue weighted by Crippen LogP contribution is 2.26. The van der Waals surface area contributed by atoms with Crippen LogP contribution >= 0.6 is 0 Å². The van der Waals surface area contributed by atoms with Gasteiger partial charge in [-0.3, -0.25) is 4.79 Å². The molecule has 1 saturated carbocycles. The molecule has 0 atom stereocenters. The Bertz CT molecular complexity index is 289. The van der Waals surface area contributed by atoms with Crippen molar-refractivity contribution in [3.8, 4) is 0 Å². The Morgan fingerprint density at radius 2 is 2.46 bits per heavy atom. The molecule has 0 unspecified atom stereocenters. The normalized spacial score (nSPS) is 26.5. The largest absolute Gasteiger partial charge is 0.438 e. The average Bonchev–Trinajstić information content (AvgIpc) is 2.53. The first-order chi connectivity index (χ1) is 6.25. The van der Waals surface area contributed by atoms with Crippen LogP contribution in [0.4, 0.5) is 0 Å². The van der Waals surface area contributed by atoms with Crippen molar-refractivity contribution in [3.05, 3.63) is 18.4 Å². The van der Waals surface area contributed by atoms with E-state index < -0.39 is 0 Å². The van der Waals surface area contributed by atoms with Crippen molar-refractivity contribution >= 4 is 5.91 Å². The van der Waals surface area contributed by atoms with E-state index in [0.717, 1.165) is 18.8 Å². The number of nitrogens with zero attached hydrogens (tertiary/aromatic N) is 1. The Morgan fingerprint density at radius 1 is 1.69 bits per heavy atom. The first-order valence-electron chi connectivity index (χ1n) is 4.45. The molecule has 1 aromatic rings. The van der Waals surface area contributed by atoms with Crippen molar-refractivity contribution in [2.24, 2.45) is 5.92 Å². The van der Waals surface area contributed by atoms with Crippen molar-refractivity contribution in [2.45, 2.75) is 25.8 Å². The van der Waals surface area contributed by atoms with Crippen molar-refractivity contribution in [1.29, 1.82) is 0 Å². The van der Waals surface area contributed by atoms with Crippen molar-refractivity contribution in [1.82, 2.24) is 10.3 Å². The van der Waals surface area contributed by atoms with Crippen LogP contribution in [0.5, 0.6) is 0 Å². The number of oxazole rings is 1. The van der Waals surface area contributed by atoms with Gasteiger partial charge in [-0.05, 0) is 18.8 Å². The lowest BCUT2D eigenvalue weighted by molar-refractivity contribution is 0.0867. The fourth-order valence-corrected chi connectivity index (χ4v) is 1.60. The maximum atomic E-state index is 11.4. The van der Waals surface area contributed by atoms with E-state index in [1.54, 1.807) is 0 Å². The first kappa shape index (κ1) is 8.29. The monoisotopic (exact) mass is 180 g/mol. The van der Waals surface area contributed by atoms with Crippen LogP contribution in [0, 0.1) is 5.92 Å².